The number of rotatable bonds is 4. The Kier molecular flexibility index (Phi) is 5.45. The number of hydrogen-bond donors (Lipinski definition) is 0. The molecule has 3 heteroatoms. The van der Waals surface area contributed by atoms with Crippen LogP contribution in [0.5, 0.6) is 0 Å². The van der Waals surface area contributed by atoms with Crippen LogP contribution in [0.1, 0.15) is 18.4 Å². The van der Waals surface area contributed by atoms with E-state index in [4.69, 9.17) is 0 Å². The zero-order chi connectivity index (χ0) is 11.2. The zero-order valence-electron chi connectivity index (χ0n) is 9.44. The molecule has 0 N–H and O–H groups in total. The molecule has 0 aromatic heterocycles. The summed E-state index contributed by atoms with van der Waals surface area (Å²) >= 11 is 4.60. The van der Waals surface area contributed by atoms with Crippen LogP contribution in [0.25, 0.3) is 0 Å². The Morgan fingerprint density at radius 3 is 2.56 bits per heavy atom. The lowest BCUT2D eigenvalue weighted by Gasteiger charge is -2.26. The molecule has 1 aromatic carbocycles. The zero-order valence-corrected chi connectivity index (χ0v) is 12.4. The van der Waals surface area contributed by atoms with Crippen molar-refractivity contribution in [3.05, 3.63) is 35.9 Å². The predicted octanol–water partition coefficient (Wildman–Crippen LogP) is 3.78. The van der Waals surface area contributed by atoms with Crippen molar-refractivity contribution in [3.63, 3.8) is 0 Å². The summed E-state index contributed by atoms with van der Waals surface area (Å²) in [6, 6.07) is 10.8. The molecule has 16 heavy (non-hydrogen) atoms. The minimum atomic E-state index is 0.898. The summed E-state index contributed by atoms with van der Waals surface area (Å²) in [4.78, 5) is 0. The van der Waals surface area contributed by atoms with Gasteiger partial charge in [-0.2, -0.15) is 11.8 Å². The molecule has 0 saturated carbocycles. The summed E-state index contributed by atoms with van der Waals surface area (Å²) in [5.74, 6) is 1.27. The summed E-state index contributed by atoms with van der Waals surface area (Å²) in [5, 5.41) is 0.898. The van der Waals surface area contributed by atoms with Gasteiger partial charge in [-0.1, -0.05) is 30.3 Å². The van der Waals surface area contributed by atoms with Gasteiger partial charge in [0.15, 0.2) is 0 Å². The first-order valence-electron chi connectivity index (χ1n) is 5.91. The molecule has 1 nitrogen and oxygen atoms in total. The molecule has 1 saturated heterocycles. The first kappa shape index (κ1) is 12.7. The Labute approximate surface area is 116 Å². The fourth-order valence-corrected chi connectivity index (χ4v) is 3.77. The molecule has 1 aromatic rings. The van der Waals surface area contributed by atoms with Crippen molar-refractivity contribution in [2.75, 3.05) is 18.8 Å². The van der Waals surface area contributed by atoms with E-state index in [1.807, 2.05) is 0 Å². The molecular weight excluding hydrogens is 329 g/mol. The van der Waals surface area contributed by atoms with E-state index < -0.39 is 0 Å². The summed E-state index contributed by atoms with van der Waals surface area (Å²) < 4.78 is 2.41. The Balaban J connectivity index is 1.65. The molecule has 88 valence electrons. The van der Waals surface area contributed by atoms with Gasteiger partial charge in [-0.05, 0) is 30.6 Å². The van der Waals surface area contributed by atoms with Gasteiger partial charge in [-0.15, -0.1) is 0 Å². The molecule has 0 bridgehead atoms. The number of benzene rings is 1. The second kappa shape index (κ2) is 6.87. The number of thioether (sulfide) groups is 1. The van der Waals surface area contributed by atoms with Crippen LogP contribution in [0.2, 0.25) is 0 Å². The summed E-state index contributed by atoms with van der Waals surface area (Å²) in [6.07, 6.45) is 3.95. The maximum Gasteiger partial charge on any atom is 0.0201 e. The van der Waals surface area contributed by atoms with Gasteiger partial charge in [0.2, 0.25) is 0 Å². The van der Waals surface area contributed by atoms with E-state index in [0.29, 0.717) is 0 Å². The van der Waals surface area contributed by atoms with Gasteiger partial charge in [0.25, 0.3) is 0 Å². The molecule has 1 heterocycles. The van der Waals surface area contributed by atoms with Gasteiger partial charge < -0.3 is 0 Å². The molecular formula is C13H18INS. The second-order valence-electron chi connectivity index (χ2n) is 4.22. The number of halogens is 1. The van der Waals surface area contributed by atoms with E-state index in [1.54, 1.807) is 0 Å². The van der Waals surface area contributed by atoms with Crippen LogP contribution < -0.4 is 0 Å². The highest BCUT2D eigenvalue weighted by Gasteiger charge is 2.17. The van der Waals surface area contributed by atoms with Crippen molar-refractivity contribution >= 4 is 34.6 Å². The standard InChI is InChI=1S/C13H18INS/c14-15-9-6-13(7-10-15)16-11-8-12-4-2-1-3-5-12/h1-5,13H,6-11H2. The Bertz CT molecular complexity index is 296. The first-order valence-corrected chi connectivity index (χ1v) is 7.92. The molecule has 0 spiro atoms. The molecule has 0 amide bonds. The smallest absolute Gasteiger partial charge is 0.0201 e. The SMILES string of the molecule is IN1CCC(SCCc2ccccc2)CC1. The molecule has 0 radical (unpaired) electrons. The molecule has 0 unspecified atom stereocenters. The topological polar surface area (TPSA) is 3.24 Å². The van der Waals surface area contributed by atoms with E-state index in [0.717, 1.165) is 5.25 Å². The largest absolute Gasteiger partial charge is 0.247 e. The highest BCUT2D eigenvalue weighted by Crippen LogP contribution is 2.25. The van der Waals surface area contributed by atoms with E-state index in [-0.39, 0.29) is 0 Å². The van der Waals surface area contributed by atoms with Crippen LogP contribution in [0, 0.1) is 0 Å². The van der Waals surface area contributed by atoms with E-state index >= 15 is 0 Å². The number of nitrogens with zero attached hydrogens (tertiary/aromatic N) is 1. The third kappa shape index (κ3) is 4.26. The summed E-state index contributed by atoms with van der Waals surface area (Å²) in [7, 11) is 0. The van der Waals surface area contributed by atoms with Crippen molar-refractivity contribution in [1.29, 1.82) is 0 Å². The van der Waals surface area contributed by atoms with Gasteiger partial charge in [0, 0.05) is 41.2 Å². The van der Waals surface area contributed by atoms with Gasteiger partial charge in [-0.3, -0.25) is 0 Å². The lowest BCUT2D eigenvalue weighted by Crippen LogP contribution is -2.27. The molecule has 1 aliphatic heterocycles. The van der Waals surface area contributed by atoms with E-state index in [9.17, 15) is 0 Å². The Morgan fingerprint density at radius 1 is 1.19 bits per heavy atom. The van der Waals surface area contributed by atoms with Crippen molar-refractivity contribution < 1.29 is 0 Å². The summed E-state index contributed by atoms with van der Waals surface area (Å²) in [5.41, 5.74) is 1.47. The molecule has 0 atom stereocenters. The molecule has 2 rings (SSSR count). The van der Waals surface area contributed by atoms with Crippen molar-refractivity contribution in [2.24, 2.45) is 0 Å². The lowest BCUT2D eigenvalue weighted by molar-refractivity contribution is 0.415. The molecule has 1 aliphatic rings. The number of hydrogen-bond acceptors (Lipinski definition) is 2. The van der Waals surface area contributed by atoms with Gasteiger partial charge >= 0.3 is 0 Å². The highest BCUT2D eigenvalue weighted by atomic mass is 127. The highest BCUT2D eigenvalue weighted by molar-refractivity contribution is 14.1. The van der Waals surface area contributed by atoms with E-state index in [1.165, 1.54) is 43.7 Å². The lowest BCUT2D eigenvalue weighted by atomic mass is 10.2. The minimum absolute atomic E-state index is 0.898. The van der Waals surface area contributed by atoms with Crippen LogP contribution in [0.15, 0.2) is 30.3 Å². The number of aryl methyl sites for hydroxylation is 1. The second-order valence-corrected chi connectivity index (χ2v) is 6.99. The number of piperidine rings is 1. The average Bonchev–Trinajstić information content (AvgIpc) is 2.33. The molecule has 1 fully saturated rings. The molecule has 0 aliphatic carbocycles. The normalized spacial score (nSPS) is 18.8. The summed E-state index contributed by atoms with van der Waals surface area (Å²) in [6.45, 7) is 2.53. The van der Waals surface area contributed by atoms with Crippen molar-refractivity contribution in [1.82, 2.24) is 3.11 Å². The Morgan fingerprint density at radius 2 is 1.88 bits per heavy atom. The maximum atomic E-state index is 2.44. The van der Waals surface area contributed by atoms with Crippen molar-refractivity contribution in [3.8, 4) is 0 Å². The quantitative estimate of drug-likeness (QED) is 0.602. The van der Waals surface area contributed by atoms with Crippen LogP contribution in [0.3, 0.4) is 0 Å². The average molecular weight is 347 g/mol. The minimum Gasteiger partial charge on any atom is -0.247 e. The van der Waals surface area contributed by atoms with Crippen LogP contribution >= 0.6 is 34.6 Å². The first-order chi connectivity index (χ1) is 7.84. The van der Waals surface area contributed by atoms with Gasteiger partial charge in [0.1, 0.15) is 0 Å². The monoisotopic (exact) mass is 347 g/mol. The van der Waals surface area contributed by atoms with Crippen LogP contribution in [-0.4, -0.2) is 27.2 Å². The fraction of sp³-hybridized carbons (Fsp3) is 0.538. The van der Waals surface area contributed by atoms with E-state index in [2.05, 4.69) is 68.1 Å². The maximum absolute atomic E-state index is 2.44. The fourth-order valence-electron chi connectivity index (χ4n) is 1.98. The third-order valence-electron chi connectivity index (χ3n) is 2.97. The van der Waals surface area contributed by atoms with Crippen LogP contribution in [-0.2, 0) is 6.42 Å². The third-order valence-corrected chi connectivity index (χ3v) is 5.32. The Hall–Kier alpha value is 0.260. The van der Waals surface area contributed by atoms with Crippen molar-refractivity contribution in [2.45, 2.75) is 24.5 Å². The predicted molar refractivity (Wildman–Crippen MR) is 81.2 cm³/mol. The van der Waals surface area contributed by atoms with Gasteiger partial charge in [-0.25, -0.2) is 3.11 Å². The van der Waals surface area contributed by atoms with Gasteiger partial charge in [0.05, 0.1) is 0 Å². The van der Waals surface area contributed by atoms with Crippen LogP contribution in [0.4, 0.5) is 0 Å².